The third-order valence-corrected chi connectivity index (χ3v) is 5.98. The smallest absolute Gasteiger partial charge is 0.0900 e. The molecule has 3 atom stereocenters. The maximum Gasteiger partial charge on any atom is 0.0900 e. The van der Waals surface area contributed by atoms with Crippen LogP contribution in [0.15, 0.2) is 42.0 Å². The summed E-state index contributed by atoms with van der Waals surface area (Å²) in [6, 6.07) is 10.4. The first-order valence-corrected chi connectivity index (χ1v) is 9.14. The highest BCUT2D eigenvalue weighted by molar-refractivity contribution is 5.23. The fourth-order valence-electron chi connectivity index (χ4n) is 4.33. The van der Waals surface area contributed by atoms with Crippen molar-refractivity contribution in [2.45, 2.75) is 39.3 Å². The first-order valence-electron chi connectivity index (χ1n) is 9.14. The van der Waals surface area contributed by atoms with E-state index in [2.05, 4.69) is 37.0 Å². The Kier molecular flexibility index (Phi) is 5.43. The van der Waals surface area contributed by atoms with Crippen LogP contribution in [0.25, 0.3) is 0 Å². The normalized spacial score (nSPS) is 26.0. The maximum absolute atomic E-state index is 10.2. The SMILES string of the molecule is CN(Cc1ccccc1)C[C@@H](O)COCC1=CC[C@H]2C[C@H]1C2(C)C. The highest BCUT2D eigenvalue weighted by Gasteiger charge is 2.50. The number of hydrogen-bond acceptors (Lipinski definition) is 3. The van der Waals surface area contributed by atoms with Gasteiger partial charge in [-0.3, -0.25) is 4.90 Å². The van der Waals surface area contributed by atoms with Gasteiger partial charge in [0.1, 0.15) is 0 Å². The Bertz CT molecular complexity index is 566. The summed E-state index contributed by atoms with van der Waals surface area (Å²) in [6.45, 7) is 7.33. The Morgan fingerprint density at radius 1 is 1.29 bits per heavy atom. The van der Waals surface area contributed by atoms with Crippen molar-refractivity contribution in [2.24, 2.45) is 17.3 Å². The minimum Gasteiger partial charge on any atom is -0.389 e. The van der Waals surface area contributed by atoms with E-state index in [-0.39, 0.29) is 0 Å². The van der Waals surface area contributed by atoms with E-state index < -0.39 is 6.10 Å². The van der Waals surface area contributed by atoms with Crippen LogP contribution in [0, 0.1) is 17.3 Å². The van der Waals surface area contributed by atoms with Crippen LogP contribution in [0.3, 0.4) is 0 Å². The number of nitrogens with zero attached hydrogens (tertiary/aromatic N) is 1. The molecule has 3 nitrogen and oxygen atoms in total. The van der Waals surface area contributed by atoms with Crippen LogP contribution in [0.1, 0.15) is 32.3 Å². The largest absolute Gasteiger partial charge is 0.389 e. The van der Waals surface area contributed by atoms with Crippen LogP contribution in [0.5, 0.6) is 0 Å². The second kappa shape index (κ2) is 7.38. The van der Waals surface area contributed by atoms with Crippen molar-refractivity contribution in [3.63, 3.8) is 0 Å². The van der Waals surface area contributed by atoms with Gasteiger partial charge in [0.05, 0.1) is 19.3 Å². The number of aliphatic hydroxyl groups excluding tert-OH is 1. The zero-order valence-electron chi connectivity index (χ0n) is 15.2. The molecule has 0 aromatic heterocycles. The van der Waals surface area contributed by atoms with Gasteiger partial charge in [0, 0.05) is 13.1 Å². The Morgan fingerprint density at radius 3 is 2.71 bits per heavy atom. The van der Waals surface area contributed by atoms with Crippen LogP contribution < -0.4 is 0 Å². The van der Waals surface area contributed by atoms with E-state index in [1.54, 1.807) is 0 Å². The number of allylic oxidation sites excluding steroid dienone is 1. The summed E-state index contributed by atoms with van der Waals surface area (Å²) in [5.41, 5.74) is 3.16. The molecule has 0 saturated heterocycles. The predicted octanol–water partition coefficient (Wildman–Crippen LogP) is 3.49. The summed E-state index contributed by atoms with van der Waals surface area (Å²) in [6.07, 6.45) is 4.46. The molecule has 3 heteroatoms. The van der Waals surface area contributed by atoms with Crippen molar-refractivity contribution in [3.05, 3.63) is 47.5 Å². The Hall–Kier alpha value is -1.16. The Morgan fingerprint density at radius 2 is 2.04 bits per heavy atom. The minimum absolute atomic E-state index is 0.410. The predicted molar refractivity (Wildman–Crippen MR) is 97.7 cm³/mol. The lowest BCUT2D eigenvalue weighted by atomic mass is 9.49. The molecule has 1 fully saturated rings. The second-order valence-corrected chi connectivity index (χ2v) is 8.17. The fraction of sp³-hybridized carbons (Fsp3) is 0.619. The molecule has 0 amide bonds. The molecule has 2 bridgehead atoms. The van der Waals surface area contributed by atoms with Gasteiger partial charge in [0.25, 0.3) is 0 Å². The molecule has 4 rings (SSSR count). The molecule has 0 unspecified atom stereocenters. The summed E-state index contributed by atoms with van der Waals surface area (Å²) in [4.78, 5) is 2.14. The lowest BCUT2D eigenvalue weighted by molar-refractivity contribution is -0.0257. The van der Waals surface area contributed by atoms with E-state index in [1.165, 1.54) is 24.0 Å². The van der Waals surface area contributed by atoms with Crippen LogP contribution in [-0.2, 0) is 11.3 Å². The number of rotatable bonds is 8. The van der Waals surface area contributed by atoms with Crippen molar-refractivity contribution in [3.8, 4) is 0 Å². The molecule has 0 heterocycles. The monoisotopic (exact) mass is 329 g/mol. The van der Waals surface area contributed by atoms with Crippen LogP contribution >= 0.6 is 0 Å². The molecule has 24 heavy (non-hydrogen) atoms. The molecular weight excluding hydrogens is 298 g/mol. The third-order valence-electron chi connectivity index (χ3n) is 5.98. The van der Waals surface area contributed by atoms with Crippen molar-refractivity contribution in [1.29, 1.82) is 0 Å². The summed E-state index contributed by atoms with van der Waals surface area (Å²) in [5.74, 6) is 1.55. The lowest BCUT2D eigenvalue weighted by Gasteiger charge is -2.56. The van der Waals surface area contributed by atoms with Gasteiger partial charge >= 0.3 is 0 Å². The van der Waals surface area contributed by atoms with E-state index in [0.717, 1.165) is 12.5 Å². The van der Waals surface area contributed by atoms with Crippen LogP contribution in [-0.4, -0.2) is 42.9 Å². The Balaban J connectivity index is 1.37. The van der Waals surface area contributed by atoms with Gasteiger partial charge in [-0.1, -0.05) is 50.3 Å². The van der Waals surface area contributed by atoms with Gasteiger partial charge in [-0.15, -0.1) is 0 Å². The van der Waals surface area contributed by atoms with E-state index in [9.17, 15) is 5.11 Å². The fourth-order valence-corrected chi connectivity index (χ4v) is 4.33. The first kappa shape index (κ1) is 17.7. The molecule has 0 spiro atoms. The number of likely N-dealkylation sites (N-methyl/N-ethyl adjacent to an activating group) is 1. The molecule has 3 aliphatic rings. The Labute approximate surface area is 146 Å². The van der Waals surface area contributed by atoms with Crippen LogP contribution in [0.2, 0.25) is 0 Å². The number of fused-ring (bicyclic) bond motifs is 1. The summed E-state index contributed by atoms with van der Waals surface area (Å²) in [5, 5.41) is 10.2. The van der Waals surface area contributed by atoms with Crippen LogP contribution in [0.4, 0.5) is 0 Å². The molecule has 0 aliphatic heterocycles. The zero-order chi connectivity index (χ0) is 17.2. The molecule has 3 aliphatic carbocycles. The zero-order valence-corrected chi connectivity index (χ0v) is 15.2. The van der Waals surface area contributed by atoms with E-state index in [1.807, 2.05) is 25.2 Å². The van der Waals surface area contributed by atoms with Gasteiger partial charge in [-0.2, -0.15) is 0 Å². The van der Waals surface area contributed by atoms with Crippen molar-refractivity contribution in [1.82, 2.24) is 4.90 Å². The molecular formula is C21H31NO2. The number of benzene rings is 1. The molecule has 1 saturated carbocycles. The quantitative estimate of drug-likeness (QED) is 0.741. The minimum atomic E-state index is -0.440. The van der Waals surface area contributed by atoms with E-state index in [0.29, 0.717) is 31.1 Å². The van der Waals surface area contributed by atoms with Gasteiger partial charge in [0.2, 0.25) is 0 Å². The first-order chi connectivity index (χ1) is 11.5. The number of aliphatic hydroxyl groups is 1. The highest BCUT2D eigenvalue weighted by atomic mass is 16.5. The van der Waals surface area contributed by atoms with Gasteiger partial charge < -0.3 is 9.84 Å². The van der Waals surface area contributed by atoms with Crippen molar-refractivity contribution in [2.75, 3.05) is 26.8 Å². The van der Waals surface area contributed by atoms with Crippen molar-refractivity contribution < 1.29 is 9.84 Å². The third kappa shape index (κ3) is 3.90. The molecule has 1 aromatic carbocycles. The standard InChI is InChI=1S/C21H31NO2/c1-21(2)18-10-9-17(20(21)11-18)14-24-15-19(23)13-22(3)12-16-7-5-4-6-8-16/h4-9,18-20,23H,10-15H2,1-3H3/t18-,19+,20+/m0/s1. The van der Waals surface area contributed by atoms with Crippen molar-refractivity contribution >= 4 is 0 Å². The average molecular weight is 329 g/mol. The lowest BCUT2D eigenvalue weighted by Crippen LogP contribution is -2.48. The van der Waals surface area contributed by atoms with Gasteiger partial charge in [-0.05, 0) is 48.3 Å². The average Bonchev–Trinajstić information content (AvgIpc) is 2.55. The van der Waals surface area contributed by atoms with E-state index in [4.69, 9.17) is 4.74 Å². The summed E-state index contributed by atoms with van der Waals surface area (Å²) in [7, 11) is 2.04. The molecule has 1 aromatic rings. The topological polar surface area (TPSA) is 32.7 Å². The number of ether oxygens (including phenoxy) is 1. The molecule has 0 radical (unpaired) electrons. The summed E-state index contributed by atoms with van der Waals surface area (Å²) >= 11 is 0. The summed E-state index contributed by atoms with van der Waals surface area (Å²) < 4.78 is 5.83. The van der Waals surface area contributed by atoms with Gasteiger partial charge in [-0.25, -0.2) is 0 Å². The molecule has 1 N–H and O–H groups in total. The number of hydrogen-bond donors (Lipinski definition) is 1. The van der Waals surface area contributed by atoms with E-state index >= 15 is 0 Å². The second-order valence-electron chi connectivity index (χ2n) is 8.17. The molecule has 132 valence electrons. The highest BCUT2D eigenvalue weighted by Crippen LogP contribution is 2.59. The maximum atomic E-state index is 10.2. The van der Waals surface area contributed by atoms with Gasteiger partial charge in [0.15, 0.2) is 0 Å².